The number of amides is 1. The molecule has 1 rings (SSSR count). The maximum absolute atomic E-state index is 11.8. The fourth-order valence-electron chi connectivity index (χ4n) is 1.80. The van der Waals surface area contributed by atoms with Crippen molar-refractivity contribution in [1.82, 2.24) is 4.90 Å². The van der Waals surface area contributed by atoms with Crippen LogP contribution in [-0.2, 0) is 4.79 Å². The molecule has 4 nitrogen and oxygen atoms in total. The fourth-order valence-corrected chi connectivity index (χ4v) is 1.80. The second-order valence-electron chi connectivity index (χ2n) is 4.99. The monoisotopic (exact) mass is 265 g/mol. The molecule has 0 bridgehead atoms. The lowest BCUT2D eigenvalue weighted by atomic mass is 10.1. The van der Waals surface area contributed by atoms with Crippen molar-refractivity contribution in [3.8, 4) is 5.75 Å². The Morgan fingerprint density at radius 1 is 1.42 bits per heavy atom. The molecule has 0 aliphatic heterocycles. The van der Waals surface area contributed by atoms with Crippen molar-refractivity contribution in [2.45, 2.75) is 33.3 Å². The highest BCUT2D eigenvalue weighted by atomic mass is 16.5. The summed E-state index contributed by atoms with van der Waals surface area (Å²) in [5, 5.41) is 9.22. The van der Waals surface area contributed by atoms with Crippen molar-refractivity contribution < 1.29 is 14.6 Å². The lowest BCUT2D eigenvalue weighted by Crippen LogP contribution is -2.33. The van der Waals surface area contributed by atoms with E-state index in [2.05, 4.69) is 0 Å². The number of aryl methyl sites for hydroxylation is 2. The largest absolute Gasteiger partial charge is 0.493 e. The zero-order valence-electron chi connectivity index (χ0n) is 12.1. The Morgan fingerprint density at radius 2 is 2.11 bits per heavy atom. The summed E-state index contributed by atoms with van der Waals surface area (Å²) in [7, 11) is 1.69. The summed E-state index contributed by atoms with van der Waals surface area (Å²) < 4.78 is 5.63. The summed E-state index contributed by atoms with van der Waals surface area (Å²) in [5.74, 6) is 0.803. The minimum Gasteiger partial charge on any atom is -0.493 e. The highest BCUT2D eigenvalue weighted by Crippen LogP contribution is 2.19. The first-order valence-electron chi connectivity index (χ1n) is 6.52. The molecule has 0 fully saturated rings. The van der Waals surface area contributed by atoms with Crippen molar-refractivity contribution in [2.24, 2.45) is 0 Å². The van der Waals surface area contributed by atoms with Crippen LogP contribution in [-0.4, -0.2) is 42.2 Å². The van der Waals surface area contributed by atoms with Gasteiger partial charge in [0.1, 0.15) is 5.75 Å². The molecule has 0 radical (unpaired) electrons. The molecule has 0 aliphatic rings. The van der Waals surface area contributed by atoms with Gasteiger partial charge in [0.05, 0.1) is 19.1 Å². The van der Waals surface area contributed by atoms with E-state index < -0.39 is 6.10 Å². The lowest BCUT2D eigenvalue weighted by Gasteiger charge is -2.19. The molecule has 4 heteroatoms. The summed E-state index contributed by atoms with van der Waals surface area (Å²) in [6.45, 7) is 6.36. The number of benzene rings is 1. The molecule has 1 aromatic carbocycles. The van der Waals surface area contributed by atoms with Gasteiger partial charge in [-0.2, -0.15) is 0 Å². The van der Waals surface area contributed by atoms with Gasteiger partial charge >= 0.3 is 0 Å². The SMILES string of the molecule is Cc1ccc(C)c(OCCC(=O)N(C)CC(C)O)c1. The van der Waals surface area contributed by atoms with Crippen LogP contribution in [0, 0.1) is 13.8 Å². The van der Waals surface area contributed by atoms with Gasteiger partial charge in [0.25, 0.3) is 0 Å². The van der Waals surface area contributed by atoms with E-state index in [1.165, 1.54) is 4.90 Å². The molecule has 1 amide bonds. The molecule has 1 atom stereocenters. The first-order valence-corrected chi connectivity index (χ1v) is 6.52. The van der Waals surface area contributed by atoms with E-state index in [0.29, 0.717) is 19.6 Å². The molecule has 1 unspecified atom stereocenters. The zero-order chi connectivity index (χ0) is 14.4. The average Bonchev–Trinajstić information content (AvgIpc) is 2.32. The zero-order valence-corrected chi connectivity index (χ0v) is 12.1. The number of nitrogens with zero attached hydrogens (tertiary/aromatic N) is 1. The third-order valence-electron chi connectivity index (χ3n) is 2.88. The smallest absolute Gasteiger partial charge is 0.225 e. The van der Waals surface area contributed by atoms with Gasteiger partial charge in [-0.3, -0.25) is 4.79 Å². The van der Waals surface area contributed by atoms with Crippen molar-refractivity contribution >= 4 is 5.91 Å². The Balaban J connectivity index is 2.41. The van der Waals surface area contributed by atoms with E-state index >= 15 is 0 Å². The van der Waals surface area contributed by atoms with Crippen LogP contribution in [0.4, 0.5) is 0 Å². The number of ether oxygens (including phenoxy) is 1. The highest BCUT2D eigenvalue weighted by Gasteiger charge is 2.11. The van der Waals surface area contributed by atoms with E-state index in [4.69, 9.17) is 4.74 Å². The van der Waals surface area contributed by atoms with E-state index in [1.807, 2.05) is 32.0 Å². The fraction of sp³-hybridized carbons (Fsp3) is 0.533. The number of hydrogen-bond acceptors (Lipinski definition) is 3. The molecule has 0 spiro atoms. The quantitative estimate of drug-likeness (QED) is 0.855. The first-order chi connectivity index (χ1) is 8.90. The molecular weight excluding hydrogens is 242 g/mol. The predicted octanol–water partition coefficient (Wildman–Crippen LogP) is 1.91. The molecule has 106 valence electrons. The Kier molecular flexibility index (Phi) is 5.83. The van der Waals surface area contributed by atoms with Crippen LogP contribution in [0.3, 0.4) is 0 Å². The number of hydrogen-bond donors (Lipinski definition) is 1. The van der Waals surface area contributed by atoms with Crippen molar-refractivity contribution in [3.63, 3.8) is 0 Å². The Bertz CT molecular complexity index is 429. The van der Waals surface area contributed by atoms with Gasteiger partial charge in [-0.1, -0.05) is 12.1 Å². The van der Waals surface area contributed by atoms with Gasteiger partial charge in [-0.05, 0) is 38.0 Å². The number of aliphatic hydroxyl groups is 1. The molecular formula is C15H23NO3. The summed E-state index contributed by atoms with van der Waals surface area (Å²) in [6, 6.07) is 6.01. The van der Waals surface area contributed by atoms with Gasteiger partial charge in [-0.15, -0.1) is 0 Å². The molecule has 1 N–H and O–H groups in total. The summed E-state index contributed by atoms with van der Waals surface area (Å²) in [6.07, 6.45) is -0.190. The van der Waals surface area contributed by atoms with E-state index in [-0.39, 0.29) is 5.91 Å². The second kappa shape index (κ2) is 7.14. The van der Waals surface area contributed by atoms with Crippen LogP contribution < -0.4 is 4.74 Å². The Hall–Kier alpha value is -1.55. The number of carbonyl (C=O) groups excluding carboxylic acids is 1. The molecule has 1 aromatic rings. The van der Waals surface area contributed by atoms with Crippen LogP contribution in [0.15, 0.2) is 18.2 Å². The minimum atomic E-state index is -0.506. The Morgan fingerprint density at radius 3 is 2.74 bits per heavy atom. The number of aliphatic hydroxyl groups excluding tert-OH is 1. The van der Waals surface area contributed by atoms with Crippen LogP contribution in [0.1, 0.15) is 24.5 Å². The van der Waals surface area contributed by atoms with Crippen LogP contribution in [0.5, 0.6) is 5.75 Å². The minimum absolute atomic E-state index is 0.0220. The molecule has 0 heterocycles. The van der Waals surface area contributed by atoms with E-state index in [9.17, 15) is 9.90 Å². The second-order valence-corrected chi connectivity index (χ2v) is 4.99. The van der Waals surface area contributed by atoms with Gasteiger partial charge in [0.15, 0.2) is 0 Å². The van der Waals surface area contributed by atoms with Crippen molar-refractivity contribution in [2.75, 3.05) is 20.2 Å². The topological polar surface area (TPSA) is 49.8 Å². The predicted molar refractivity (Wildman–Crippen MR) is 75.3 cm³/mol. The van der Waals surface area contributed by atoms with Crippen LogP contribution in [0.25, 0.3) is 0 Å². The van der Waals surface area contributed by atoms with Crippen molar-refractivity contribution in [1.29, 1.82) is 0 Å². The van der Waals surface area contributed by atoms with Gasteiger partial charge in [0, 0.05) is 13.6 Å². The van der Waals surface area contributed by atoms with Gasteiger partial charge in [-0.25, -0.2) is 0 Å². The third kappa shape index (κ3) is 5.30. The molecule has 0 saturated carbocycles. The summed E-state index contributed by atoms with van der Waals surface area (Å²) >= 11 is 0. The standard InChI is InChI=1S/C15H23NO3/c1-11-5-6-12(2)14(9-11)19-8-7-15(18)16(4)10-13(3)17/h5-6,9,13,17H,7-8,10H2,1-4H3. The molecule has 0 saturated heterocycles. The molecule has 19 heavy (non-hydrogen) atoms. The number of carbonyl (C=O) groups is 1. The maximum Gasteiger partial charge on any atom is 0.225 e. The maximum atomic E-state index is 11.8. The van der Waals surface area contributed by atoms with Gasteiger partial charge in [0.2, 0.25) is 5.91 Å². The van der Waals surface area contributed by atoms with Crippen molar-refractivity contribution in [3.05, 3.63) is 29.3 Å². The third-order valence-corrected chi connectivity index (χ3v) is 2.88. The lowest BCUT2D eigenvalue weighted by molar-refractivity contribution is -0.131. The van der Waals surface area contributed by atoms with E-state index in [1.54, 1.807) is 14.0 Å². The number of rotatable bonds is 6. The van der Waals surface area contributed by atoms with Gasteiger partial charge < -0.3 is 14.7 Å². The highest BCUT2D eigenvalue weighted by molar-refractivity contribution is 5.76. The molecule has 0 aliphatic carbocycles. The summed E-state index contributed by atoms with van der Waals surface area (Å²) in [4.78, 5) is 13.3. The summed E-state index contributed by atoms with van der Waals surface area (Å²) in [5.41, 5.74) is 2.20. The average molecular weight is 265 g/mol. The number of likely N-dealkylation sites (N-methyl/N-ethyl adjacent to an activating group) is 1. The Labute approximate surface area is 115 Å². The van der Waals surface area contributed by atoms with Crippen LogP contribution in [0.2, 0.25) is 0 Å². The molecule has 0 aromatic heterocycles. The first kappa shape index (κ1) is 15.5. The van der Waals surface area contributed by atoms with E-state index in [0.717, 1.165) is 16.9 Å². The normalized spacial score (nSPS) is 12.1. The van der Waals surface area contributed by atoms with Crippen LogP contribution >= 0.6 is 0 Å².